The van der Waals surface area contributed by atoms with Crippen molar-refractivity contribution < 1.29 is 17.9 Å². The zero-order chi connectivity index (χ0) is 15.6. The van der Waals surface area contributed by atoms with Crippen LogP contribution in [0, 0.1) is 5.82 Å². The van der Waals surface area contributed by atoms with Gasteiger partial charge in [0.1, 0.15) is 10.8 Å². The van der Waals surface area contributed by atoms with Gasteiger partial charge in [0, 0.05) is 18.2 Å². The molecule has 0 heterocycles. The Morgan fingerprint density at radius 1 is 1.48 bits per heavy atom. The van der Waals surface area contributed by atoms with Crippen molar-refractivity contribution in [3.8, 4) is 0 Å². The Labute approximate surface area is 128 Å². The van der Waals surface area contributed by atoms with Crippen LogP contribution in [0.25, 0.3) is 0 Å². The standard InChI is InChI=1S/C13H17FN2O3S2/c14-12-5-4-10(8-11(12)13(15)20)21(18,19)16(6-7-17)9-2-1-3-9/h4-5,8-9,17H,1-3,6-7H2,(H2,15,20). The molecule has 21 heavy (non-hydrogen) atoms. The summed E-state index contributed by atoms with van der Waals surface area (Å²) < 4.78 is 40.2. The second-order valence-electron chi connectivity index (χ2n) is 4.93. The number of hydrogen-bond donors (Lipinski definition) is 2. The predicted octanol–water partition coefficient (Wildman–Crippen LogP) is 0.995. The van der Waals surface area contributed by atoms with Gasteiger partial charge in [-0.2, -0.15) is 4.31 Å². The fourth-order valence-corrected chi connectivity index (χ4v) is 4.12. The number of nitrogens with two attached hydrogens (primary N) is 1. The number of rotatable bonds is 6. The van der Waals surface area contributed by atoms with Crippen LogP contribution in [0.1, 0.15) is 24.8 Å². The fourth-order valence-electron chi connectivity index (χ4n) is 2.26. The van der Waals surface area contributed by atoms with E-state index >= 15 is 0 Å². The number of aliphatic hydroxyl groups is 1. The zero-order valence-electron chi connectivity index (χ0n) is 11.3. The lowest BCUT2D eigenvalue weighted by molar-refractivity contribution is 0.178. The predicted molar refractivity (Wildman–Crippen MR) is 80.9 cm³/mol. The number of hydrogen-bond acceptors (Lipinski definition) is 4. The van der Waals surface area contributed by atoms with E-state index in [-0.39, 0.29) is 34.6 Å². The molecule has 1 aromatic rings. The fraction of sp³-hybridized carbons (Fsp3) is 0.462. The number of benzene rings is 1. The lowest BCUT2D eigenvalue weighted by Crippen LogP contribution is -2.45. The lowest BCUT2D eigenvalue weighted by atomic mass is 9.93. The van der Waals surface area contributed by atoms with Gasteiger partial charge in [-0.05, 0) is 31.0 Å². The molecule has 0 bridgehead atoms. The van der Waals surface area contributed by atoms with Gasteiger partial charge < -0.3 is 10.8 Å². The largest absolute Gasteiger partial charge is 0.395 e. The number of nitrogens with zero attached hydrogens (tertiary/aromatic N) is 1. The molecule has 0 saturated heterocycles. The maximum Gasteiger partial charge on any atom is 0.243 e. The minimum absolute atomic E-state index is 0.0206. The molecule has 1 saturated carbocycles. The van der Waals surface area contributed by atoms with E-state index in [1.807, 2.05) is 0 Å². The third-order valence-electron chi connectivity index (χ3n) is 3.61. The summed E-state index contributed by atoms with van der Waals surface area (Å²) in [7, 11) is -3.80. The normalized spacial score (nSPS) is 16.0. The molecule has 0 radical (unpaired) electrons. The molecule has 1 aromatic carbocycles. The molecule has 1 aliphatic rings. The van der Waals surface area contributed by atoms with Crippen LogP contribution in [0.15, 0.2) is 23.1 Å². The van der Waals surface area contributed by atoms with Crippen molar-refractivity contribution in [1.29, 1.82) is 0 Å². The maximum atomic E-state index is 13.6. The molecule has 0 aromatic heterocycles. The third kappa shape index (κ3) is 3.23. The van der Waals surface area contributed by atoms with Gasteiger partial charge in [0.15, 0.2) is 0 Å². The van der Waals surface area contributed by atoms with Gasteiger partial charge in [0.2, 0.25) is 10.0 Å². The highest BCUT2D eigenvalue weighted by Crippen LogP contribution is 2.30. The van der Waals surface area contributed by atoms with Crippen LogP contribution in [0.4, 0.5) is 4.39 Å². The van der Waals surface area contributed by atoms with Crippen LogP contribution < -0.4 is 5.73 Å². The third-order valence-corrected chi connectivity index (χ3v) is 5.78. The summed E-state index contributed by atoms with van der Waals surface area (Å²) in [6.45, 7) is -0.244. The molecule has 2 rings (SSSR count). The molecular weight excluding hydrogens is 315 g/mol. The highest BCUT2D eigenvalue weighted by molar-refractivity contribution is 7.89. The zero-order valence-corrected chi connectivity index (χ0v) is 13.0. The first-order chi connectivity index (χ1) is 9.87. The summed E-state index contributed by atoms with van der Waals surface area (Å²) in [5.41, 5.74) is 5.31. The van der Waals surface area contributed by atoms with Gasteiger partial charge in [-0.25, -0.2) is 12.8 Å². The molecule has 8 heteroatoms. The molecule has 0 unspecified atom stereocenters. The van der Waals surface area contributed by atoms with Crippen LogP contribution in [0.2, 0.25) is 0 Å². The second-order valence-corrected chi connectivity index (χ2v) is 7.26. The molecule has 0 aliphatic heterocycles. The monoisotopic (exact) mass is 332 g/mol. The Morgan fingerprint density at radius 2 is 2.14 bits per heavy atom. The van der Waals surface area contributed by atoms with Crippen molar-refractivity contribution in [2.75, 3.05) is 13.2 Å². The molecule has 1 aliphatic carbocycles. The van der Waals surface area contributed by atoms with Crippen molar-refractivity contribution in [3.05, 3.63) is 29.6 Å². The second kappa shape index (κ2) is 6.35. The maximum absolute atomic E-state index is 13.6. The van der Waals surface area contributed by atoms with Gasteiger partial charge in [0.25, 0.3) is 0 Å². The van der Waals surface area contributed by atoms with Gasteiger partial charge in [-0.3, -0.25) is 0 Å². The highest BCUT2D eigenvalue weighted by atomic mass is 32.2. The Hall–Kier alpha value is -1.09. The molecule has 3 N–H and O–H groups in total. The smallest absolute Gasteiger partial charge is 0.243 e. The van der Waals surface area contributed by atoms with E-state index in [4.69, 9.17) is 23.1 Å². The molecule has 1 fully saturated rings. The van der Waals surface area contributed by atoms with Crippen LogP contribution in [0.5, 0.6) is 0 Å². The Morgan fingerprint density at radius 3 is 2.62 bits per heavy atom. The Balaban J connectivity index is 2.41. The highest BCUT2D eigenvalue weighted by Gasteiger charge is 2.34. The number of halogens is 1. The average Bonchev–Trinajstić information content (AvgIpc) is 2.36. The SMILES string of the molecule is NC(=S)c1cc(S(=O)(=O)N(CCO)C2CCC2)ccc1F. The first kappa shape index (κ1) is 16.3. The summed E-state index contributed by atoms with van der Waals surface area (Å²) in [5, 5.41) is 9.10. The quantitative estimate of drug-likeness (QED) is 0.759. The topological polar surface area (TPSA) is 83.6 Å². The molecular formula is C13H17FN2O3S2. The van der Waals surface area contributed by atoms with Crippen molar-refractivity contribution >= 4 is 27.2 Å². The van der Waals surface area contributed by atoms with E-state index in [0.717, 1.165) is 31.4 Å². The minimum atomic E-state index is -3.80. The minimum Gasteiger partial charge on any atom is -0.395 e. The number of thiocarbonyl (C=S) groups is 1. The van der Waals surface area contributed by atoms with Crippen molar-refractivity contribution in [2.45, 2.75) is 30.2 Å². The first-order valence-electron chi connectivity index (χ1n) is 6.60. The van der Waals surface area contributed by atoms with E-state index in [0.29, 0.717) is 0 Å². The molecule has 0 amide bonds. The Bertz CT molecular complexity index is 645. The molecule has 116 valence electrons. The van der Waals surface area contributed by atoms with Gasteiger partial charge in [-0.15, -0.1) is 0 Å². The van der Waals surface area contributed by atoms with Crippen LogP contribution in [-0.2, 0) is 10.0 Å². The number of aliphatic hydroxyl groups excluding tert-OH is 1. The Kier molecular flexibility index (Phi) is 4.92. The van der Waals surface area contributed by atoms with Gasteiger partial charge >= 0.3 is 0 Å². The molecule has 5 nitrogen and oxygen atoms in total. The van der Waals surface area contributed by atoms with E-state index in [1.165, 1.54) is 10.4 Å². The average molecular weight is 332 g/mol. The van der Waals surface area contributed by atoms with Crippen molar-refractivity contribution in [1.82, 2.24) is 4.31 Å². The number of sulfonamides is 1. The lowest BCUT2D eigenvalue weighted by Gasteiger charge is -2.36. The summed E-state index contributed by atoms with van der Waals surface area (Å²) >= 11 is 4.72. The van der Waals surface area contributed by atoms with Crippen molar-refractivity contribution in [2.24, 2.45) is 5.73 Å². The van der Waals surface area contributed by atoms with Crippen LogP contribution in [-0.4, -0.2) is 42.0 Å². The summed E-state index contributed by atoms with van der Waals surface area (Å²) in [5.74, 6) is -0.654. The first-order valence-corrected chi connectivity index (χ1v) is 8.45. The van der Waals surface area contributed by atoms with Crippen LogP contribution in [0.3, 0.4) is 0 Å². The molecule has 0 spiro atoms. The van der Waals surface area contributed by atoms with Gasteiger partial charge in [0.05, 0.1) is 11.5 Å². The summed E-state index contributed by atoms with van der Waals surface area (Å²) in [4.78, 5) is -0.256. The summed E-state index contributed by atoms with van der Waals surface area (Å²) in [6.07, 6.45) is 2.49. The molecule has 0 atom stereocenters. The van der Waals surface area contributed by atoms with E-state index in [9.17, 15) is 12.8 Å². The van der Waals surface area contributed by atoms with E-state index in [1.54, 1.807) is 0 Å². The van der Waals surface area contributed by atoms with Gasteiger partial charge in [-0.1, -0.05) is 18.6 Å². The van der Waals surface area contributed by atoms with Crippen molar-refractivity contribution in [3.63, 3.8) is 0 Å². The summed E-state index contributed by atoms with van der Waals surface area (Å²) in [6, 6.07) is 3.27. The van der Waals surface area contributed by atoms with Crippen LogP contribution >= 0.6 is 12.2 Å². The van der Waals surface area contributed by atoms with E-state index < -0.39 is 15.8 Å². The van der Waals surface area contributed by atoms with E-state index in [2.05, 4.69) is 0 Å².